The van der Waals surface area contributed by atoms with E-state index in [0.29, 0.717) is 19.6 Å². The normalized spacial score (nSPS) is 32.3. The van der Waals surface area contributed by atoms with Crippen LogP contribution in [0.5, 0.6) is 0 Å². The highest BCUT2D eigenvalue weighted by Crippen LogP contribution is 2.69. The highest BCUT2D eigenvalue weighted by atomic mass is 32.2. The van der Waals surface area contributed by atoms with Crippen molar-refractivity contribution in [2.45, 2.75) is 113 Å². The predicted octanol–water partition coefficient (Wildman–Crippen LogP) is 4.98. The molecule has 3 unspecified atom stereocenters. The third kappa shape index (κ3) is 5.64. The van der Waals surface area contributed by atoms with Gasteiger partial charge in [-0.05, 0) is 56.8 Å². The van der Waals surface area contributed by atoms with Crippen LogP contribution in [-0.4, -0.2) is 80.6 Å². The van der Waals surface area contributed by atoms with Gasteiger partial charge < -0.3 is 19.6 Å². The van der Waals surface area contributed by atoms with Crippen LogP contribution in [0, 0.1) is 23.7 Å². The molecule has 0 radical (unpaired) electrons. The second-order valence-electron chi connectivity index (χ2n) is 12.8. The zero-order valence-electron chi connectivity index (χ0n) is 24.8. The molecular weight excluding hydrogens is 524 g/mol. The number of rotatable bonds is 14. The van der Waals surface area contributed by atoms with Crippen LogP contribution in [0.3, 0.4) is 0 Å². The summed E-state index contributed by atoms with van der Waals surface area (Å²) in [6, 6.07) is -1.06. The first kappa shape index (κ1) is 31.1. The van der Waals surface area contributed by atoms with Crippen LogP contribution in [0.2, 0.25) is 0 Å². The molecule has 224 valence electrons. The summed E-state index contributed by atoms with van der Waals surface area (Å²) in [5.74, 6) is -1.36. The summed E-state index contributed by atoms with van der Waals surface area (Å²) in [5.41, 5.74) is 0. The molecule has 2 amide bonds. The topological polar surface area (TPSA) is 87.1 Å². The van der Waals surface area contributed by atoms with Crippen molar-refractivity contribution >= 4 is 29.5 Å². The number of amides is 2. The van der Waals surface area contributed by atoms with Gasteiger partial charge in [0.2, 0.25) is 11.8 Å². The molecule has 3 saturated heterocycles. The summed E-state index contributed by atoms with van der Waals surface area (Å²) >= 11 is 1.68. The zero-order chi connectivity index (χ0) is 29.0. The largest absolute Gasteiger partial charge is 0.465 e. The van der Waals surface area contributed by atoms with Crippen molar-refractivity contribution in [2.24, 2.45) is 23.7 Å². The Morgan fingerprint density at radius 3 is 2.55 bits per heavy atom. The fraction of sp³-hybridized carbons (Fsp3) is 0.781. The van der Waals surface area contributed by atoms with E-state index < -0.39 is 28.7 Å². The Bertz CT molecular complexity index is 950. The van der Waals surface area contributed by atoms with E-state index in [1.165, 1.54) is 6.42 Å². The molecule has 7 nitrogen and oxygen atoms in total. The van der Waals surface area contributed by atoms with E-state index in [0.717, 1.165) is 51.4 Å². The van der Waals surface area contributed by atoms with Gasteiger partial charge >= 0.3 is 5.97 Å². The third-order valence-corrected chi connectivity index (χ3v) is 11.8. The average Bonchev–Trinajstić information content (AvgIpc) is 3.53. The first-order chi connectivity index (χ1) is 19.2. The number of thioether (sulfide) groups is 1. The van der Waals surface area contributed by atoms with Crippen LogP contribution in [0.15, 0.2) is 25.3 Å². The summed E-state index contributed by atoms with van der Waals surface area (Å²) in [4.78, 5) is 46.5. The van der Waals surface area contributed by atoms with Gasteiger partial charge in [-0.25, -0.2) is 0 Å². The molecule has 40 heavy (non-hydrogen) atoms. The van der Waals surface area contributed by atoms with Crippen molar-refractivity contribution in [1.29, 1.82) is 0 Å². The molecule has 4 fully saturated rings. The van der Waals surface area contributed by atoms with Crippen molar-refractivity contribution in [3.63, 3.8) is 0 Å². The van der Waals surface area contributed by atoms with Gasteiger partial charge in [0.05, 0.1) is 35.8 Å². The maximum absolute atomic E-state index is 14.8. The molecule has 1 spiro atoms. The summed E-state index contributed by atoms with van der Waals surface area (Å²) < 4.78 is 5.06. The lowest BCUT2D eigenvalue weighted by molar-refractivity contribution is -0.155. The molecule has 1 aliphatic carbocycles. The number of fused-ring (bicyclic) bond motifs is 1. The van der Waals surface area contributed by atoms with E-state index in [-0.39, 0.29) is 47.5 Å². The minimum atomic E-state index is -0.710. The number of aliphatic hydroxyl groups is 1. The van der Waals surface area contributed by atoms with Crippen LogP contribution >= 0.6 is 11.8 Å². The maximum Gasteiger partial charge on any atom is 0.310 e. The molecule has 4 aliphatic rings. The average molecular weight is 575 g/mol. The van der Waals surface area contributed by atoms with E-state index in [9.17, 15) is 19.5 Å². The number of hydrogen-bond acceptors (Lipinski definition) is 6. The van der Waals surface area contributed by atoms with E-state index in [1.54, 1.807) is 22.7 Å². The molecule has 7 atom stereocenters. The van der Waals surface area contributed by atoms with Gasteiger partial charge in [-0.3, -0.25) is 14.4 Å². The minimum Gasteiger partial charge on any atom is -0.465 e. The summed E-state index contributed by atoms with van der Waals surface area (Å²) in [7, 11) is 0. The fourth-order valence-corrected chi connectivity index (χ4v) is 10.4. The maximum atomic E-state index is 14.8. The Morgan fingerprint density at radius 1 is 1.20 bits per heavy atom. The van der Waals surface area contributed by atoms with Crippen molar-refractivity contribution in [3.05, 3.63) is 25.3 Å². The number of esters is 1. The number of nitrogens with zero attached hydrogens (tertiary/aromatic N) is 2. The minimum absolute atomic E-state index is 0.0386. The highest BCUT2D eigenvalue weighted by Gasteiger charge is 2.77. The standard InChI is InChI=1S/C32H50N2O5S/c1-6-8-9-13-17-39-31(38)26-25-19-22(5)32(40-25)27(26)29(36)34(24(20-35)18-21(3)4)28(32)30(37)33(16-7-2)23-14-11-10-12-15-23/h6-7,21-28,35H,1-2,8-20H2,3-5H3/t22?,24-,25-,26+,27+,28?,32?/m1/s1. The molecule has 4 rings (SSSR count). The molecule has 0 aromatic rings. The van der Waals surface area contributed by atoms with Crippen molar-refractivity contribution in [2.75, 3.05) is 19.8 Å². The number of likely N-dealkylation sites (tertiary alicyclic amines) is 1. The number of unbranched alkanes of at least 4 members (excludes halogenated alkanes) is 2. The van der Waals surface area contributed by atoms with Crippen LogP contribution in [0.1, 0.15) is 85.0 Å². The van der Waals surface area contributed by atoms with Crippen molar-refractivity contribution in [1.82, 2.24) is 9.80 Å². The van der Waals surface area contributed by atoms with Gasteiger partial charge in [-0.2, -0.15) is 0 Å². The lowest BCUT2D eigenvalue weighted by Gasteiger charge is -2.44. The van der Waals surface area contributed by atoms with Crippen molar-refractivity contribution < 1.29 is 24.2 Å². The van der Waals surface area contributed by atoms with Crippen molar-refractivity contribution in [3.8, 4) is 0 Å². The number of carbonyl (C=O) groups is 3. The molecule has 2 bridgehead atoms. The first-order valence-corrected chi connectivity index (χ1v) is 16.4. The summed E-state index contributed by atoms with van der Waals surface area (Å²) in [6.45, 7) is 14.5. The van der Waals surface area contributed by atoms with Gasteiger partial charge in [0.1, 0.15) is 6.04 Å². The van der Waals surface area contributed by atoms with E-state index in [1.807, 2.05) is 11.0 Å². The second kappa shape index (κ2) is 13.5. The molecule has 3 heterocycles. The molecule has 8 heteroatoms. The number of ether oxygens (including phenoxy) is 1. The Morgan fingerprint density at radius 2 is 1.93 bits per heavy atom. The molecule has 0 aromatic carbocycles. The Hall–Kier alpha value is -1.80. The predicted molar refractivity (Wildman–Crippen MR) is 160 cm³/mol. The van der Waals surface area contributed by atoms with Gasteiger partial charge in [0, 0.05) is 17.8 Å². The number of aliphatic hydroxyl groups excluding tert-OH is 1. The molecule has 1 N–H and O–H groups in total. The molecule has 3 aliphatic heterocycles. The monoisotopic (exact) mass is 574 g/mol. The highest BCUT2D eigenvalue weighted by molar-refractivity contribution is 8.02. The first-order valence-electron chi connectivity index (χ1n) is 15.5. The number of allylic oxidation sites excluding steroid dienone is 1. The van der Waals surface area contributed by atoms with Gasteiger partial charge in [-0.1, -0.05) is 52.2 Å². The Kier molecular flexibility index (Phi) is 10.5. The Labute approximate surface area is 245 Å². The van der Waals surface area contributed by atoms with Crippen LogP contribution in [0.25, 0.3) is 0 Å². The number of carbonyl (C=O) groups excluding carboxylic acids is 3. The smallest absolute Gasteiger partial charge is 0.310 e. The lowest BCUT2D eigenvalue weighted by Crippen LogP contribution is -2.60. The molecule has 1 saturated carbocycles. The SMILES string of the molecule is C=CCCCCOC(=O)[C@@H]1[C@H]2C(=O)N([C@@H](CO)CC(C)C)C(C(=O)N(CC=C)C3CCCCC3)C23S[C@@H]1CC3C. The summed E-state index contributed by atoms with van der Waals surface area (Å²) in [5, 5.41) is 10.5. The van der Waals surface area contributed by atoms with E-state index in [2.05, 4.69) is 33.9 Å². The van der Waals surface area contributed by atoms with Crippen LogP contribution in [0.4, 0.5) is 0 Å². The van der Waals surface area contributed by atoms with Crippen LogP contribution < -0.4 is 0 Å². The van der Waals surface area contributed by atoms with E-state index in [4.69, 9.17) is 4.74 Å². The molecular formula is C32H50N2O5S. The van der Waals surface area contributed by atoms with Gasteiger partial charge in [-0.15, -0.1) is 24.9 Å². The van der Waals surface area contributed by atoms with Crippen LogP contribution in [-0.2, 0) is 19.1 Å². The summed E-state index contributed by atoms with van der Waals surface area (Å²) in [6.07, 6.45) is 12.8. The lowest BCUT2D eigenvalue weighted by atomic mass is 9.66. The quantitative estimate of drug-likeness (QED) is 0.179. The van der Waals surface area contributed by atoms with Gasteiger partial charge in [0.15, 0.2) is 0 Å². The Balaban J connectivity index is 1.71. The molecule has 0 aromatic heterocycles. The zero-order valence-corrected chi connectivity index (χ0v) is 25.6. The third-order valence-electron chi connectivity index (χ3n) is 9.71. The second-order valence-corrected chi connectivity index (χ2v) is 14.3. The van der Waals surface area contributed by atoms with E-state index >= 15 is 0 Å². The fourth-order valence-electron chi connectivity index (χ4n) is 7.99. The van der Waals surface area contributed by atoms with Gasteiger partial charge in [0.25, 0.3) is 0 Å². The number of hydrogen-bond donors (Lipinski definition) is 1.